The van der Waals surface area contributed by atoms with Crippen molar-refractivity contribution in [3.63, 3.8) is 0 Å². The predicted molar refractivity (Wildman–Crippen MR) is 81.3 cm³/mol. The average Bonchev–Trinajstić information content (AvgIpc) is 2.62. The van der Waals surface area contributed by atoms with Crippen LogP contribution in [0.3, 0.4) is 0 Å². The van der Waals surface area contributed by atoms with E-state index in [-0.39, 0.29) is 0 Å². The summed E-state index contributed by atoms with van der Waals surface area (Å²) < 4.78 is 2.18. The summed E-state index contributed by atoms with van der Waals surface area (Å²) in [5.41, 5.74) is 3.89. The smallest absolute Gasteiger partial charge is 0.0641 e. The Morgan fingerprint density at radius 3 is 2.72 bits per heavy atom. The molecule has 0 amide bonds. The van der Waals surface area contributed by atoms with Gasteiger partial charge in [0.15, 0.2) is 0 Å². The monoisotopic (exact) mass is 269 g/mol. The zero-order chi connectivity index (χ0) is 13.4. The van der Waals surface area contributed by atoms with Gasteiger partial charge in [0.1, 0.15) is 0 Å². The number of nitrogens with zero attached hydrogens (tertiary/aromatic N) is 2. The third-order valence-corrected chi connectivity index (χ3v) is 4.11. The molecule has 4 heteroatoms. The van der Waals surface area contributed by atoms with Gasteiger partial charge >= 0.3 is 0 Å². The Morgan fingerprint density at radius 2 is 2.06 bits per heavy atom. The van der Waals surface area contributed by atoms with Crippen LogP contribution in [0, 0.1) is 13.8 Å². The molecule has 0 aliphatic carbocycles. The highest BCUT2D eigenvalue weighted by Crippen LogP contribution is 2.14. The molecule has 1 aromatic heterocycles. The summed E-state index contributed by atoms with van der Waals surface area (Å²) in [6.45, 7) is 11.8. The van der Waals surface area contributed by atoms with E-state index in [2.05, 4.69) is 42.8 Å². The number of thioether (sulfide) groups is 1. The van der Waals surface area contributed by atoms with E-state index in [9.17, 15) is 0 Å². The Labute approximate surface area is 116 Å². The Balaban J connectivity index is 2.51. The first kappa shape index (κ1) is 15.6. The number of rotatable bonds is 9. The van der Waals surface area contributed by atoms with Gasteiger partial charge in [-0.1, -0.05) is 13.8 Å². The topological polar surface area (TPSA) is 29.9 Å². The zero-order valence-corrected chi connectivity index (χ0v) is 13.1. The lowest BCUT2D eigenvalue weighted by Gasteiger charge is -2.06. The fraction of sp³-hybridized carbons (Fsp3) is 0.786. The first-order chi connectivity index (χ1) is 8.70. The summed E-state index contributed by atoms with van der Waals surface area (Å²) in [6.07, 6.45) is 2.39. The molecule has 0 fully saturated rings. The van der Waals surface area contributed by atoms with Crippen LogP contribution >= 0.6 is 11.8 Å². The maximum Gasteiger partial charge on any atom is 0.0641 e. The molecule has 0 bridgehead atoms. The summed E-state index contributed by atoms with van der Waals surface area (Å²) in [6, 6.07) is 0. The second kappa shape index (κ2) is 8.59. The molecule has 1 aromatic rings. The zero-order valence-electron chi connectivity index (χ0n) is 12.3. The van der Waals surface area contributed by atoms with Gasteiger partial charge in [-0.25, -0.2) is 0 Å². The third kappa shape index (κ3) is 4.65. The van der Waals surface area contributed by atoms with E-state index in [0.717, 1.165) is 19.6 Å². The quantitative estimate of drug-likeness (QED) is 0.699. The van der Waals surface area contributed by atoms with Crippen LogP contribution in [-0.4, -0.2) is 27.8 Å². The van der Waals surface area contributed by atoms with Crippen molar-refractivity contribution >= 4 is 11.8 Å². The molecule has 3 nitrogen and oxygen atoms in total. The second-order valence-electron chi connectivity index (χ2n) is 4.60. The van der Waals surface area contributed by atoms with Crippen molar-refractivity contribution in [3.05, 3.63) is 17.0 Å². The van der Waals surface area contributed by atoms with Crippen LogP contribution in [0.2, 0.25) is 0 Å². The van der Waals surface area contributed by atoms with Gasteiger partial charge in [0.2, 0.25) is 0 Å². The van der Waals surface area contributed by atoms with Crippen molar-refractivity contribution < 1.29 is 0 Å². The Bertz CT molecular complexity index is 347. The van der Waals surface area contributed by atoms with Crippen LogP contribution in [0.25, 0.3) is 0 Å². The molecular weight excluding hydrogens is 242 g/mol. The van der Waals surface area contributed by atoms with Crippen LogP contribution in [0.5, 0.6) is 0 Å². The molecule has 0 atom stereocenters. The minimum atomic E-state index is 0.954. The van der Waals surface area contributed by atoms with Crippen LogP contribution in [0.1, 0.15) is 43.6 Å². The summed E-state index contributed by atoms with van der Waals surface area (Å²) in [5.74, 6) is 2.45. The highest BCUT2D eigenvalue weighted by Gasteiger charge is 2.10. The first-order valence-electron chi connectivity index (χ1n) is 7.02. The fourth-order valence-corrected chi connectivity index (χ4v) is 2.68. The third-order valence-electron chi connectivity index (χ3n) is 3.12. The molecule has 1 rings (SSSR count). The minimum Gasteiger partial charge on any atom is -0.313 e. The number of aryl methyl sites for hydroxylation is 2. The lowest BCUT2D eigenvalue weighted by atomic mass is 10.2. The van der Waals surface area contributed by atoms with Crippen molar-refractivity contribution in [2.45, 2.75) is 53.6 Å². The molecule has 0 unspecified atom stereocenters. The first-order valence-corrected chi connectivity index (χ1v) is 8.17. The molecule has 1 N–H and O–H groups in total. The molecule has 0 spiro atoms. The van der Waals surface area contributed by atoms with Gasteiger partial charge in [0.05, 0.1) is 5.69 Å². The predicted octanol–water partition coefficient (Wildman–Crippen LogP) is 3.14. The lowest BCUT2D eigenvalue weighted by molar-refractivity contribution is 0.584. The van der Waals surface area contributed by atoms with Crippen molar-refractivity contribution in [2.75, 3.05) is 18.1 Å². The molecule has 0 aromatic carbocycles. The number of hydrogen-bond donors (Lipinski definition) is 1. The molecule has 0 aliphatic rings. The van der Waals surface area contributed by atoms with Gasteiger partial charge in [-0.05, 0) is 44.7 Å². The summed E-state index contributed by atoms with van der Waals surface area (Å²) >= 11 is 2.01. The van der Waals surface area contributed by atoms with E-state index >= 15 is 0 Å². The van der Waals surface area contributed by atoms with Crippen molar-refractivity contribution in [3.8, 4) is 0 Å². The summed E-state index contributed by atoms with van der Waals surface area (Å²) in [7, 11) is 0. The fourth-order valence-electron chi connectivity index (χ4n) is 2.06. The lowest BCUT2D eigenvalue weighted by Crippen LogP contribution is -2.15. The highest BCUT2D eigenvalue weighted by atomic mass is 32.2. The normalized spacial score (nSPS) is 11.1. The molecule has 18 heavy (non-hydrogen) atoms. The van der Waals surface area contributed by atoms with Gasteiger partial charge in [-0.15, -0.1) is 0 Å². The Hall–Kier alpha value is -0.480. The average molecular weight is 269 g/mol. The van der Waals surface area contributed by atoms with Gasteiger partial charge < -0.3 is 5.32 Å². The highest BCUT2D eigenvalue weighted by molar-refractivity contribution is 7.99. The minimum absolute atomic E-state index is 0.954. The van der Waals surface area contributed by atoms with Gasteiger partial charge in [-0.3, -0.25) is 4.68 Å². The molecule has 0 saturated carbocycles. The number of hydrogen-bond acceptors (Lipinski definition) is 3. The van der Waals surface area contributed by atoms with Crippen LogP contribution < -0.4 is 5.32 Å². The largest absolute Gasteiger partial charge is 0.313 e. The van der Waals surface area contributed by atoms with E-state index in [4.69, 9.17) is 0 Å². The standard InChI is InChI=1S/C14H27N3S/c1-5-8-15-11-14-12(3)16-17(13(14)4)9-7-10-18-6-2/h15H,5-11H2,1-4H3. The molecule has 0 radical (unpaired) electrons. The second-order valence-corrected chi connectivity index (χ2v) is 5.99. The molecule has 104 valence electrons. The summed E-state index contributed by atoms with van der Waals surface area (Å²) in [4.78, 5) is 0. The van der Waals surface area contributed by atoms with Crippen LogP contribution in [0.15, 0.2) is 0 Å². The van der Waals surface area contributed by atoms with Crippen LogP contribution in [0.4, 0.5) is 0 Å². The molecule has 1 heterocycles. The van der Waals surface area contributed by atoms with E-state index in [1.165, 1.54) is 41.3 Å². The van der Waals surface area contributed by atoms with Crippen molar-refractivity contribution in [1.82, 2.24) is 15.1 Å². The Morgan fingerprint density at radius 1 is 1.28 bits per heavy atom. The van der Waals surface area contributed by atoms with Gasteiger partial charge in [-0.2, -0.15) is 16.9 Å². The van der Waals surface area contributed by atoms with E-state index in [1.807, 2.05) is 11.8 Å². The van der Waals surface area contributed by atoms with Crippen molar-refractivity contribution in [1.29, 1.82) is 0 Å². The summed E-state index contributed by atoms with van der Waals surface area (Å²) in [5, 5.41) is 8.12. The van der Waals surface area contributed by atoms with E-state index < -0.39 is 0 Å². The van der Waals surface area contributed by atoms with Gasteiger partial charge in [0.25, 0.3) is 0 Å². The number of aromatic nitrogens is 2. The van der Waals surface area contributed by atoms with E-state index in [1.54, 1.807) is 0 Å². The van der Waals surface area contributed by atoms with Crippen molar-refractivity contribution in [2.24, 2.45) is 0 Å². The molecular formula is C14H27N3S. The maximum absolute atomic E-state index is 4.65. The molecule has 0 saturated heterocycles. The maximum atomic E-state index is 4.65. The van der Waals surface area contributed by atoms with Crippen LogP contribution in [-0.2, 0) is 13.1 Å². The Kier molecular flexibility index (Phi) is 7.44. The van der Waals surface area contributed by atoms with E-state index in [0.29, 0.717) is 0 Å². The SMILES string of the molecule is CCCNCc1c(C)nn(CCCSCC)c1C. The number of nitrogens with one attached hydrogen (secondary N) is 1. The van der Waals surface area contributed by atoms with Gasteiger partial charge in [0, 0.05) is 24.3 Å². The molecule has 0 aliphatic heterocycles.